The van der Waals surface area contributed by atoms with Crippen LogP contribution in [0.3, 0.4) is 0 Å². The lowest BCUT2D eigenvalue weighted by Crippen LogP contribution is -2.40. The highest BCUT2D eigenvalue weighted by Crippen LogP contribution is 2.35. The average molecular weight is 443 g/mol. The van der Waals surface area contributed by atoms with Gasteiger partial charge in [-0.1, -0.05) is 6.07 Å². The molecule has 2 fully saturated rings. The van der Waals surface area contributed by atoms with Crippen LogP contribution in [0.1, 0.15) is 30.4 Å². The summed E-state index contributed by atoms with van der Waals surface area (Å²) in [5.74, 6) is 1.22. The smallest absolute Gasteiger partial charge is 0.381 e. The molecule has 0 amide bonds. The van der Waals surface area contributed by atoms with Gasteiger partial charge in [0, 0.05) is 59.2 Å². The molecule has 3 rings (SSSR count). The lowest BCUT2D eigenvalue weighted by atomic mass is 9.96. The van der Waals surface area contributed by atoms with Crippen LogP contribution >= 0.6 is 0 Å². The Morgan fingerprint density at radius 2 is 1.84 bits per heavy atom. The van der Waals surface area contributed by atoms with Gasteiger partial charge in [0.1, 0.15) is 0 Å². The molecule has 0 unspecified atom stereocenters. The van der Waals surface area contributed by atoms with Crippen LogP contribution in [-0.4, -0.2) is 71.0 Å². The van der Waals surface area contributed by atoms with Crippen molar-refractivity contribution in [3.63, 3.8) is 0 Å². The van der Waals surface area contributed by atoms with Crippen molar-refractivity contribution >= 4 is 11.6 Å². The third kappa shape index (κ3) is 6.74. The van der Waals surface area contributed by atoms with E-state index in [-0.39, 0.29) is 12.1 Å². The van der Waals surface area contributed by atoms with E-state index in [9.17, 15) is 13.2 Å². The zero-order valence-electron chi connectivity index (χ0n) is 18.4. The highest BCUT2D eigenvalue weighted by Gasteiger charge is 2.34. The SMILES string of the molecule is CN=C(NCc1ccc(N2CCOCC2)cc1C(F)(F)F)N(C)CCC1CCOCC1. The number of hydrogen-bond donors (Lipinski definition) is 1. The Balaban J connectivity index is 1.62. The van der Waals surface area contributed by atoms with Crippen molar-refractivity contribution in [3.8, 4) is 0 Å². The van der Waals surface area contributed by atoms with Crippen LogP contribution in [0.25, 0.3) is 0 Å². The highest BCUT2D eigenvalue weighted by molar-refractivity contribution is 5.79. The lowest BCUT2D eigenvalue weighted by Gasteiger charge is -2.30. The van der Waals surface area contributed by atoms with Gasteiger partial charge >= 0.3 is 6.18 Å². The number of halogens is 3. The number of ether oxygens (including phenoxy) is 2. The summed E-state index contributed by atoms with van der Waals surface area (Å²) in [6, 6.07) is 4.57. The van der Waals surface area contributed by atoms with E-state index in [0.717, 1.165) is 39.0 Å². The van der Waals surface area contributed by atoms with Gasteiger partial charge in [-0.05, 0) is 42.9 Å². The molecule has 6 nitrogen and oxygen atoms in total. The van der Waals surface area contributed by atoms with Gasteiger partial charge < -0.3 is 24.6 Å². The predicted octanol–water partition coefficient (Wildman–Crippen LogP) is 3.37. The summed E-state index contributed by atoms with van der Waals surface area (Å²) in [6.45, 7) is 4.73. The molecule has 0 aliphatic carbocycles. The minimum atomic E-state index is -4.42. The van der Waals surface area contributed by atoms with Crippen LogP contribution in [0.4, 0.5) is 18.9 Å². The van der Waals surface area contributed by atoms with Gasteiger partial charge in [0.15, 0.2) is 5.96 Å². The highest BCUT2D eigenvalue weighted by atomic mass is 19.4. The molecule has 174 valence electrons. The Morgan fingerprint density at radius 3 is 2.48 bits per heavy atom. The monoisotopic (exact) mass is 442 g/mol. The van der Waals surface area contributed by atoms with Crippen molar-refractivity contribution in [3.05, 3.63) is 29.3 Å². The first-order valence-corrected chi connectivity index (χ1v) is 10.9. The van der Waals surface area contributed by atoms with Gasteiger partial charge in [-0.3, -0.25) is 4.99 Å². The molecule has 0 aromatic heterocycles. The molecule has 0 saturated carbocycles. The Labute approximate surface area is 182 Å². The number of nitrogens with zero attached hydrogens (tertiary/aromatic N) is 3. The maximum atomic E-state index is 13.8. The van der Waals surface area contributed by atoms with E-state index in [1.165, 1.54) is 6.07 Å². The van der Waals surface area contributed by atoms with Crippen molar-refractivity contribution in [1.82, 2.24) is 10.2 Å². The Bertz CT molecular complexity index is 730. The Kier molecular flexibility index (Phi) is 8.43. The molecule has 0 spiro atoms. The molecule has 2 aliphatic heterocycles. The summed E-state index contributed by atoms with van der Waals surface area (Å²) in [5, 5.41) is 3.10. The maximum Gasteiger partial charge on any atom is 0.416 e. The Hall–Kier alpha value is -2.00. The molecule has 1 aromatic rings. The second kappa shape index (κ2) is 11.0. The zero-order valence-corrected chi connectivity index (χ0v) is 18.4. The number of hydrogen-bond acceptors (Lipinski definition) is 4. The number of morpholine rings is 1. The topological polar surface area (TPSA) is 49.3 Å². The van der Waals surface area contributed by atoms with Gasteiger partial charge in [-0.15, -0.1) is 0 Å². The normalized spacial score (nSPS) is 18.9. The first-order valence-electron chi connectivity index (χ1n) is 10.9. The lowest BCUT2D eigenvalue weighted by molar-refractivity contribution is -0.138. The van der Waals surface area contributed by atoms with E-state index in [0.29, 0.717) is 43.9 Å². The molecule has 0 radical (unpaired) electrons. The van der Waals surface area contributed by atoms with E-state index in [1.807, 2.05) is 16.8 Å². The van der Waals surface area contributed by atoms with Crippen molar-refractivity contribution < 1.29 is 22.6 Å². The molecule has 0 bridgehead atoms. The fourth-order valence-electron chi connectivity index (χ4n) is 4.08. The minimum Gasteiger partial charge on any atom is -0.381 e. The van der Waals surface area contributed by atoms with Crippen LogP contribution in [0.15, 0.2) is 23.2 Å². The summed E-state index contributed by atoms with van der Waals surface area (Å²) in [5.41, 5.74) is 0.185. The molecular formula is C22H33F3N4O2. The molecule has 2 saturated heterocycles. The summed E-state index contributed by atoms with van der Waals surface area (Å²) < 4.78 is 52.0. The van der Waals surface area contributed by atoms with Gasteiger partial charge in [0.25, 0.3) is 0 Å². The van der Waals surface area contributed by atoms with E-state index in [4.69, 9.17) is 9.47 Å². The van der Waals surface area contributed by atoms with Gasteiger partial charge in [-0.25, -0.2) is 0 Å². The molecule has 1 N–H and O–H groups in total. The second-order valence-corrected chi connectivity index (χ2v) is 8.11. The van der Waals surface area contributed by atoms with Crippen LogP contribution < -0.4 is 10.2 Å². The summed E-state index contributed by atoms with van der Waals surface area (Å²) in [6.07, 6.45) is -1.28. The molecule has 9 heteroatoms. The first kappa shape index (κ1) is 23.7. The van der Waals surface area contributed by atoms with E-state index in [2.05, 4.69) is 10.3 Å². The predicted molar refractivity (Wildman–Crippen MR) is 115 cm³/mol. The van der Waals surface area contributed by atoms with Crippen molar-refractivity contribution in [2.24, 2.45) is 10.9 Å². The fourth-order valence-corrected chi connectivity index (χ4v) is 4.08. The van der Waals surface area contributed by atoms with Crippen molar-refractivity contribution in [2.75, 3.05) is 65.1 Å². The first-order chi connectivity index (χ1) is 14.9. The maximum absolute atomic E-state index is 13.8. The van der Waals surface area contributed by atoms with E-state index in [1.54, 1.807) is 19.2 Å². The number of guanidine groups is 1. The van der Waals surface area contributed by atoms with Gasteiger partial charge in [0.2, 0.25) is 0 Å². The number of benzene rings is 1. The van der Waals surface area contributed by atoms with Crippen LogP contribution in [0.5, 0.6) is 0 Å². The molecular weight excluding hydrogens is 409 g/mol. The summed E-state index contributed by atoms with van der Waals surface area (Å²) >= 11 is 0. The molecule has 31 heavy (non-hydrogen) atoms. The average Bonchev–Trinajstić information content (AvgIpc) is 2.78. The second-order valence-electron chi connectivity index (χ2n) is 8.11. The van der Waals surface area contributed by atoms with E-state index < -0.39 is 11.7 Å². The summed E-state index contributed by atoms with van der Waals surface area (Å²) in [4.78, 5) is 8.16. The van der Waals surface area contributed by atoms with Crippen LogP contribution in [0, 0.1) is 5.92 Å². The van der Waals surface area contributed by atoms with Gasteiger partial charge in [0.05, 0.1) is 18.8 Å². The zero-order chi connectivity index (χ0) is 22.3. The quantitative estimate of drug-likeness (QED) is 0.541. The van der Waals surface area contributed by atoms with Crippen molar-refractivity contribution in [1.29, 1.82) is 0 Å². The van der Waals surface area contributed by atoms with Gasteiger partial charge in [-0.2, -0.15) is 13.2 Å². The van der Waals surface area contributed by atoms with Crippen LogP contribution in [-0.2, 0) is 22.2 Å². The molecule has 0 atom stereocenters. The van der Waals surface area contributed by atoms with E-state index >= 15 is 0 Å². The standard InChI is InChI=1S/C22H33F3N4O2/c1-26-21(28(2)8-5-17-6-11-30-12-7-17)27-16-18-3-4-19(15-20(18)22(23,24)25)29-9-13-31-14-10-29/h3-4,15,17H,5-14,16H2,1-2H3,(H,26,27). The number of anilines is 1. The van der Waals surface area contributed by atoms with Crippen LogP contribution in [0.2, 0.25) is 0 Å². The Morgan fingerprint density at radius 1 is 1.16 bits per heavy atom. The van der Waals surface area contributed by atoms with Crippen molar-refractivity contribution in [2.45, 2.75) is 32.0 Å². The number of aliphatic imine (C=N–C) groups is 1. The molecule has 2 aliphatic rings. The molecule has 1 aromatic carbocycles. The third-order valence-corrected chi connectivity index (χ3v) is 6.00. The molecule has 2 heterocycles. The number of alkyl halides is 3. The third-order valence-electron chi connectivity index (χ3n) is 6.00. The number of nitrogens with one attached hydrogen (secondary N) is 1. The summed E-state index contributed by atoms with van der Waals surface area (Å²) in [7, 11) is 3.57. The minimum absolute atomic E-state index is 0.0620. The number of rotatable bonds is 6. The largest absolute Gasteiger partial charge is 0.416 e. The fraction of sp³-hybridized carbons (Fsp3) is 0.682.